The Morgan fingerprint density at radius 2 is 1.92 bits per heavy atom. The van der Waals surface area contributed by atoms with Crippen LogP contribution in [0.5, 0.6) is 11.5 Å². The lowest BCUT2D eigenvalue weighted by molar-refractivity contribution is -0.136. The number of fused-ring (bicyclic) bond motifs is 1. The zero-order chi connectivity index (χ0) is 26.7. The number of nitrogens with zero attached hydrogens (tertiary/aromatic N) is 2. The standard InChI is InChI=1S/C29H33ClN2O4S/c1-19-15-22(9-10-24(19)30)36-18-25-23-12-14-37-26(23)11-13-31(25)27(33)17-32(29(2,3)4)28(34)20-7-6-8-21(16-20)35-5/h6-10,12,14-16,25H,11,13,17-18H2,1-5H3. The van der Waals surface area contributed by atoms with Gasteiger partial charge in [-0.05, 0) is 93.1 Å². The number of methoxy groups -OCH3 is 1. The SMILES string of the molecule is COc1cccc(C(=O)N(CC(=O)N2CCc3sccc3C2COc2ccc(Cl)c(C)c2)C(C)(C)C)c1. The second-order valence-electron chi connectivity index (χ2n) is 10.2. The predicted molar refractivity (Wildman–Crippen MR) is 148 cm³/mol. The lowest BCUT2D eigenvalue weighted by atomic mass is 9.99. The summed E-state index contributed by atoms with van der Waals surface area (Å²) in [7, 11) is 1.57. The molecule has 2 heterocycles. The second-order valence-corrected chi connectivity index (χ2v) is 11.6. The molecule has 8 heteroatoms. The predicted octanol–water partition coefficient (Wildman–Crippen LogP) is 6.16. The van der Waals surface area contributed by atoms with E-state index in [1.807, 2.05) is 50.8 Å². The fourth-order valence-corrected chi connectivity index (χ4v) is 5.55. The van der Waals surface area contributed by atoms with Crippen LogP contribution in [-0.4, -0.2) is 54.0 Å². The molecule has 196 valence electrons. The van der Waals surface area contributed by atoms with E-state index in [-0.39, 0.29) is 24.4 Å². The number of halogens is 1. The summed E-state index contributed by atoms with van der Waals surface area (Å²) in [5.74, 6) is 0.990. The third-order valence-electron chi connectivity index (χ3n) is 6.62. The molecule has 4 rings (SSSR count). The van der Waals surface area contributed by atoms with Crippen LogP contribution < -0.4 is 9.47 Å². The number of ether oxygens (including phenoxy) is 2. The minimum absolute atomic E-state index is 0.0322. The van der Waals surface area contributed by atoms with E-state index in [0.717, 1.165) is 17.5 Å². The van der Waals surface area contributed by atoms with Gasteiger partial charge in [0.2, 0.25) is 5.91 Å². The monoisotopic (exact) mass is 540 g/mol. The number of benzene rings is 2. The topological polar surface area (TPSA) is 59.1 Å². The van der Waals surface area contributed by atoms with Crippen molar-refractivity contribution in [2.24, 2.45) is 0 Å². The Morgan fingerprint density at radius 3 is 2.62 bits per heavy atom. The molecule has 1 aliphatic rings. The minimum Gasteiger partial charge on any atom is -0.497 e. The average Bonchev–Trinajstić information content (AvgIpc) is 3.36. The van der Waals surface area contributed by atoms with Crippen LogP contribution >= 0.6 is 22.9 Å². The van der Waals surface area contributed by atoms with Crippen molar-refractivity contribution in [2.75, 3.05) is 26.8 Å². The summed E-state index contributed by atoms with van der Waals surface area (Å²) in [6.45, 7) is 8.61. The first-order chi connectivity index (χ1) is 17.6. The number of hydrogen-bond donors (Lipinski definition) is 0. The summed E-state index contributed by atoms with van der Waals surface area (Å²) in [6, 6.07) is 14.4. The van der Waals surface area contributed by atoms with Crippen LogP contribution in [0.3, 0.4) is 0 Å². The van der Waals surface area contributed by atoms with E-state index in [9.17, 15) is 9.59 Å². The van der Waals surface area contributed by atoms with Crippen molar-refractivity contribution < 1.29 is 19.1 Å². The summed E-state index contributed by atoms with van der Waals surface area (Å²) in [5, 5.41) is 2.75. The van der Waals surface area contributed by atoms with E-state index in [1.165, 1.54) is 4.88 Å². The molecule has 0 saturated carbocycles. The molecule has 0 spiro atoms. The third kappa shape index (κ3) is 6.11. The molecule has 0 aliphatic carbocycles. The highest BCUT2D eigenvalue weighted by molar-refractivity contribution is 7.10. The second kappa shape index (κ2) is 11.2. The number of aryl methyl sites for hydroxylation is 1. The van der Waals surface area contributed by atoms with Crippen molar-refractivity contribution in [1.82, 2.24) is 9.80 Å². The fourth-order valence-electron chi connectivity index (χ4n) is 4.51. The van der Waals surface area contributed by atoms with Crippen LogP contribution in [0.2, 0.25) is 5.02 Å². The Balaban J connectivity index is 1.57. The van der Waals surface area contributed by atoms with Crippen molar-refractivity contribution in [3.05, 3.63) is 80.5 Å². The molecule has 0 bridgehead atoms. The van der Waals surface area contributed by atoms with Crippen LogP contribution in [-0.2, 0) is 11.2 Å². The van der Waals surface area contributed by atoms with Crippen LogP contribution in [0.1, 0.15) is 53.2 Å². The van der Waals surface area contributed by atoms with Gasteiger partial charge in [-0.2, -0.15) is 0 Å². The molecule has 0 N–H and O–H groups in total. The van der Waals surface area contributed by atoms with Crippen LogP contribution in [0.25, 0.3) is 0 Å². The Kier molecular flexibility index (Phi) is 8.14. The molecule has 1 aliphatic heterocycles. The molecular formula is C29H33ClN2O4S. The first-order valence-corrected chi connectivity index (χ1v) is 13.5. The van der Waals surface area contributed by atoms with E-state index in [2.05, 4.69) is 11.4 Å². The van der Waals surface area contributed by atoms with Crippen molar-refractivity contribution in [3.63, 3.8) is 0 Å². The lowest BCUT2D eigenvalue weighted by Gasteiger charge is -2.40. The van der Waals surface area contributed by atoms with E-state index < -0.39 is 5.54 Å². The fraction of sp³-hybridized carbons (Fsp3) is 0.379. The maximum absolute atomic E-state index is 13.8. The van der Waals surface area contributed by atoms with Gasteiger partial charge in [-0.1, -0.05) is 17.7 Å². The summed E-state index contributed by atoms with van der Waals surface area (Å²) >= 11 is 7.88. The Labute approximate surface area is 227 Å². The van der Waals surface area contributed by atoms with E-state index >= 15 is 0 Å². The zero-order valence-electron chi connectivity index (χ0n) is 21.9. The first-order valence-electron chi connectivity index (χ1n) is 12.3. The Hall–Kier alpha value is -3.03. The Morgan fingerprint density at radius 1 is 1.14 bits per heavy atom. The van der Waals surface area contributed by atoms with Gasteiger partial charge in [0.05, 0.1) is 13.2 Å². The van der Waals surface area contributed by atoms with Crippen molar-refractivity contribution in [3.8, 4) is 11.5 Å². The highest BCUT2D eigenvalue weighted by atomic mass is 35.5. The van der Waals surface area contributed by atoms with Crippen molar-refractivity contribution in [1.29, 1.82) is 0 Å². The van der Waals surface area contributed by atoms with Gasteiger partial charge in [0.25, 0.3) is 5.91 Å². The molecule has 2 aromatic carbocycles. The van der Waals surface area contributed by atoms with Gasteiger partial charge in [0.1, 0.15) is 24.7 Å². The van der Waals surface area contributed by atoms with Gasteiger partial charge < -0.3 is 19.3 Å². The molecule has 2 amide bonds. The first kappa shape index (κ1) is 27.0. The zero-order valence-corrected chi connectivity index (χ0v) is 23.5. The molecule has 0 fully saturated rings. The normalized spacial score (nSPS) is 15.2. The quantitative estimate of drug-likeness (QED) is 0.360. The van der Waals surface area contributed by atoms with Crippen LogP contribution in [0.15, 0.2) is 53.9 Å². The van der Waals surface area contributed by atoms with Gasteiger partial charge in [0, 0.05) is 27.5 Å². The van der Waals surface area contributed by atoms with Crippen LogP contribution in [0, 0.1) is 6.92 Å². The third-order valence-corrected chi connectivity index (χ3v) is 8.04. The van der Waals surface area contributed by atoms with E-state index in [4.69, 9.17) is 21.1 Å². The van der Waals surface area contributed by atoms with Crippen molar-refractivity contribution >= 4 is 34.8 Å². The summed E-state index contributed by atoms with van der Waals surface area (Å²) < 4.78 is 11.5. The lowest BCUT2D eigenvalue weighted by Crippen LogP contribution is -2.53. The van der Waals surface area contributed by atoms with E-state index in [1.54, 1.807) is 47.6 Å². The molecule has 37 heavy (non-hydrogen) atoms. The molecule has 3 aromatic rings. The molecule has 1 aromatic heterocycles. The number of carbonyl (C=O) groups excluding carboxylic acids is 2. The molecule has 6 nitrogen and oxygen atoms in total. The molecule has 1 atom stereocenters. The summed E-state index contributed by atoms with van der Waals surface area (Å²) in [5.41, 5.74) is 1.96. The number of carbonyl (C=O) groups is 2. The average molecular weight is 541 g/mol. The summed E-state index contributed by atoms with van der Waals surface area (Å²) in [6.07, 6.45) is 0.786. The Bertz CT molecular complexity index is 1280. The van der Waals surface area contributed by atoms with Gasteiger partial charge in [-0.3, -0.25) is 9.59 Å². The highest BCUT2D eigenvalue weighted by Crippen LogP contribution is 2.35. The maximum Gasteiger partial charge on any atom is 0.254 e. The summed E-state index contributed by atoms with van der Waals surface area (Å²) in [4.78, 5) is 32.1. The highest BCUT2D eigenvalue weighted by Gasteiger charge is 2.36. The molecule has 0 saturated heterocycles. The molecular weight excluding hydrogens is 508 g/mol. The molecule has 1 unspecified atom stereocenters. The van der Waals surface area contributed by atoms with Gasteiger partial charge in [-0.15, -0.1) is 11.3 Å². The number of thiophene rings is 1. The smallest absolute Gasteiger partial charge is 0.254 e. The largest absolute Gasteiger partial charge is 0.497 e. The number of amides is 2. The number of hydrogen-bond acceptors (Lipinski definition) is 5. The number of rotatable bonds is 7. The van der Waals surface area contributed by atoms with Gasteiger partial charge in [-0.25, -0.2) is 0 Å². The molecule has 0 radical (unpaired) electrons. The van der Waals surface area contributed by atoms with Gasteiger partial charge >= 0.3 is 0 Å². The van der Waals surface area contributed by atoms with Crippen molar-refractivity contribution in [2.45, 2.75) is 45.7 Å². The minimum atomic E-state index is -0.564. The van der Waals surface area contributed by atoms with E-state index in [0.29, 0.717) is 35.2 Å². The van der Waals surface area contributed by atoms with Crippen LogP contribution in [0.4, 0.5) is 0 Å². The van der Waals surface area contributed by atoms with Gasteiger partial charge in [0.15, 0.2) is 0 Å². The maximum atomic E-state index is 13.8.